The van der Waals surface area contributed by atoms with E-state index in [1.165, 1.54) is 0 Å². The van der Waals surface area contributed by atoms with Crippen LogP contribution in [0.4, 0.5) is 5.69 Å². The van der Waals surface area contributed by atoms with E-state index in [0.717, 1.165) is 11.1 Å². The van der Waals surface area contributed by atoms with Gasteiger partial charge in [0.1, 0.15) is 0 Å². The minimum atomic E-state index is -0.342. The molecule has 0 amide bonds. The largest absolute Gasteiger partial charge is 0.487 e. The highest BCUT2D eigenvalue weighted by Crippen LogP contribution is 2.37. The highest BCUT2D eigenvalue weighted by molar-refractivity contribution is 6.52. The van der Waals surface area contributed by atoms with Gasteiger partial charge in [-0.05, 0) is 45.7 Å². The molecule has 19 heavy (non-hydrogen) atoms. The molecule has 0 radical (unpaired) electrons. The third-order valence-electron chi connectivity index (χ3n) is 4.00. The molecule has 4 nitrogen and oxygen atoms in total. The lowest BCUT2D eigenvalue weighted by atomic mass is 9.89. The number of aromatic nitrogens is 1. The van der Waals surface area contributed by atoms with Gasteiger partial charge in [0.05, 0.1) is 23.1 Å². The van der Waals surface area contributed by atoms with Crippen LogP contribution in [0.5, 0.6) is 0 Å². The molecule has 2 N–H and O–H groups in total. The summed E-state index contributed by atoms with van der Waals surface area (Å²) < 4.78 is 11.8. The number of nitrogens with two attached hydrogens (primary N) is 1. The van der Waals surface area contributed by atoms with Gasteiger partial charge in [0.15, 0.2) is 0 Å². The molecule has 5 heteroatoms. The van der Waals surface area contributed by atoms with E-state index in [-0.39, 0.29) is 18.3 Å². The van der Waals surface area contributed by atoms with Gasteiger partial charge in [0.25, 0.3) is 0 Å². The normalized spacial score (nSPS) is 21.2. The molecule has 102 valence electrons. The Labute approximate surface area is 115 Å². The van der Waals surface area contributed by atoms with Crippen molar-refractivity contribution in [1.82, 2.24) is 4.98 Å². The molecule has 0 atom stereocenters. The summed E-state index contributed by atoms with van der Waals surface area (Å²) in [4.78, 5) is 4.09. The highest BCUT2D eigenvalue weighted by Gasteiger charge is 2.49. The molecule has 0 spiro atoms. The summed E-state index contributed by atoms with van der Waals surface area (Å²) in [6, 6.07) is 0. The first-order valence-corrected chi connectivity index (χ1v) is 6.47. The van der Waals surface area contributed by atoms with Gasteiger partial charge in [-0.1, -0.05) is 12.1 Å². The lowest BCUT2D eigenvalue weighted by molar-refractivity contribution is 0.00578. The lowest BCUT2D eigenvalue weighted by Crippen LogP contribution is -2.41. The number of hydrogen-bond donors (Lipinski definition) is 1. The number of nitrogens with zero attached hydrogens (tertiary/aromatic N) is 1. The Kier molecular flexibility index (Phi) is 3.45. The van der Waals surface area contributed by atoms with E-state index in [2.05, 4.69) is 4.98 Å². The lowest BCUT2D eigenvalue weighted by Gasteiger charge is -2.32. The first-order valence-electron chi connectivity index (χ1n) is 6.47. The van der Waals surface area contributed by atoms with Crippen LogP contribution < -0.4 is 5.73 Å². The van der Waals surface area contributed by atoms with Gasteiger partial charge in [-0.2, -0.15) is 0 Å². The molecule has 0 aromatic carbocycles. The van der Waals surface area contributed by atoms with Gasteiger partial charge in [-0.3, -0.25) is 4.98 Å². The molecule has 1 aliphatic rings. The number of rotatable bonds is 2. The number of pyridine rings is 1. The van der Waals surface area contributed by atoms with Gasteiger partial charge in [-0.15, -0.1) is 0 Å². The number of hydrogen-bond acceptors (Lipinski definition) is 4. The predicted molar refractivity (Wildman–Crippen MR) is 78.5 cm³/mol. The Balaban J connectivity index is 2.15. The van der Waals surface area contributed by atoms with E-state index >= 15 is 0 Å². The third-order valence-corrected chi connectivity index (χ3v) is 4.00. The summed E-state index contributed by atoms with van der Waals surface area (Å²) in [6.07, 6.45) is 5.38. The van der Waals surface area contributed by atoms with Crippen LogP contribution in [0.2, 0.25) is 0 Å². The fourth-order valence-corrected chi connectivity index (χ4v) is 1.88. The van der Waals surface area contributed by atoms with E-state index < -0.39 is 0 Å². The van der Waals surface area contributed by atoms with Gasteiger partial charge in [0, 0.05) is 6.20 Å². The quantitative estimate of drug-likeness (QED) is 0.830. The maximum Gasteiger partial charge on any atom is 0.487 e. The van der Waals surface area contributed by atoms with Crippen LogP contribution in [-0.2, 0) is 9.31 Å². The second-order valence-corrected chi connectivity index (χ2v) is 5.93. The molecular weight excluding hydrogens is 239 g/mol. The number of anilines is 1. The van der Waals surface area contributed by atoms with Crippen LogP contribution in [-0.4, -0.2) is 23.3 Å². The molecule has 1 aliphatic heterocycles. The van der Waals surface area contributed by atoms with E-state index in [0.29, 0.717) is 5.69 Å². The van der Waals surface area contributed by atoms with Crippen LogP contribution in [0.15, 0.2) is 18.4 Å². The van der Waals surface area contributed by atoms with E-state index in [1.54, 1.807) is 12.4 Å². The minimum Gasteiger partial charge on any atom is -0.400 e. The van der Waals surface area contributed by atoms with Crippen molar-refractivity contribution in [2.75, 3.05) is 5.73 Å². The van der Waals surface area contributed by atoms with Crippen LogP contribution in [0.1, 0.15) is 38.8 Å². The number of nitrogen functional groups attached to an aromatic ring is 1. The van der Waals surface area contributed by atoms with Crippen molar-refractivity contribution in [3.05, 3.63) is 29.5 Å². The highest BCUT2D eigenvalue weighted by atomic mass is 16.7. The molecule has 1 aromatic heterocycles. The Morgan fingerprint density at radius 2 is 1.74 bits per heavy atom. The Bertz CT molecular complexity index is 496. The molecule has 1 aromatic rings. The zero-order valence-electron chi connectivity index (χ0n) is 12.2. The Morgan fingerprint density at radius 3 is 2.32 bits per heavy atom. The molecule has 2 heterocycles. The molecule has 0 aliphatic carbocycles. The van der Waals surface area contributed by atoms with Crippen LogP contribution in [0.3, 0.4) is 0 Å². The van der Waals surface area contributed by atoms with Gasteiger partial charge >= 0.3 is 7.12 Å². The fourth-order valence-electron chi connectivity index (χ4n) is 1.88. The SMILES string of the molecule is Cc1c(N)cncc1/C=C/B1OC(C)(C)C(C)(C)O1. The molecule has 1 saturated heterocycles. The fraction of sp³-hybridized carbons (Fsp3) is 0.500. The topological polar surface area (TPSA) is 57.4 Å². The van der Waals surface area contributed by atoms with Crippen molar-refractivity contribution in [2.24, 2.45) is 0 Å². The third kappa shape index (κ3) is 2.67. The van der Waals surface area contributed by atoms with Crippen molar-refractivity contribution in [1.29, 1.82) is 0 Å². The Morgan fingerprint density at radius 1 is 1.16 bits per heavy atom. The van der Waals surface area contributed by atoms with E-state index in [4.69, 9.17) is 15.0 Å². The van der Waals surface area contributed by atoms with Crippen LogP contribution >= 0.6 is 0 Å². The second-order valence-electron chi connectivity index (χ2n) is 5.93. The molecule has 0 unspecified atom stereocenters. The van der Waals surface area contributed by atoms with Gasteiger partial charge in [0.2, 0.25) is 0 Å². The molecule has 1 fully saturated rings. The van der Waals surface area contributed by atoms with Crippen molar-refractivity contribution in [3.8, 4) is 0 Å². The smallest absolute Gasteiger partial charge is 0.400 e. The zero-order valence-corrected chi connectivity index (χ0v) is 12.2. The molecule has 0 bridgehead atoms. The summed E-state index contributed by atoms with van der Waals surface area (Å²) in [7, 11) is -0.342. The summed E-state index contributed by atoms with van der Waals surface area (Å²) in [5, 5.41) is 0. The summed E-state index contributed by atoms with van der Waals surface area (Å²) >= 11 is 0. The Hall–Kier alpha value is -1.33. The molecular formula is C14H21BN2O2. The second kappa shape index (κ2) is 4.65. The first kappa shape index (κ1) is 14.1. The first-order chi connectivity index (χ1) is 8.73. The van der Waals surface area contributed by atoms with Gasteiger partial charge in [-0.25, -0.2) is 0 Å². The monoisotopic (exact) mass is 260 g/mol. The van der Waals surface area contributed by atoms with Crippen molar-refractivity contribution in [3.63, 3.8) is 0 Å². The molecule has 0 saturated carbocycles. The average Bonchev–Trinajstić information content (AvgIpc) is 2.50. The summed E-state index contributed by atoms with van der Waals surface area (Å²) in [6.45, 7) is 10.1. The van der Waals surface area contributed by atoms with Crippen LogP contribution in [0, 0.1) is 6.92 Å². The maximum atomic E-state index is 5.90. The standard InChI is InChI=1S/C14H21BN2O2/c1-10-11(8-17-9-12(10)16)6-7-15-18-13(2,3)14(4,5)19-15/h6-9H,16H2,1-5H3/b7-6+. The predicted octanol–water partition coefficient (Wildman–Crippen LogP) is 2.62. The van der Waals surface area contributed by atoms with Crippen molar-refractivity contribution >= 4 is 18.9 Å². The average molecular weight is 260 g/mol. The zero-order chi connectivity index (χ0) is 14.3. The van der Waals surface area contributed by atoms with Gasteiger partial charge < -0.3 is 15.0 Å². The minimum absolute atomic E-state index is 0.314. The van der Waals surface area contributed by atoms with Crippen LogP contribution in [0.25, 0.3) is 6.08 Å². The van der Waals surface area contributed by atoms with E-state index in [9.17, 15) is 0 Å². The summed E-state index contributed by atoms with van der Waals surface area (Å²) in [5.74, 6) is 1.90. The summed E-state index contributed by atoms with van der Waals surface area (Å²) in [5.41, 5.74) is 7.89. The maximum absolute atomic E-state index is 5.90. The molecule has 2 rings (SSSR count). The van der Waals surface area contributed by atoms with E-state index in [1.807, 2.05) is 46.7 Å². The van der Waals surface area contributed by atoms with Crippen molar-refractivity contribution < 1.29 is 9.31 Å². The van der Waals surface area contributed by atoms with Crippen molar-refractivity contribution in [2.45, 2.75) is 45.8 Å².